The predicted octanol–water partition coefficient (Wildman–Crippen LogP) is 3.95. The lowest BCUT2D eigenvalue weighted by molar-refractivity contribution is 0.622. The van der Waals surface area contributed by atoms with Gasteiger partial charge >= 0.3 is 5.69 Å². The van der Waals surface area contributed by atoms with Gasteiger partial charge in [0, 0.05) is 4.88 Å². The monoisotopic (exact) mass is 406 g/mol. The second-order valence-electron chi connectivity index (χ2n) is 7.41. The van der Waals surface area contributed by atoms with Crippen LogP contribution in [0.5, 0.6) is 0 Å². The maximum absolute atomic E-state index is 13.4. The van der Waals surface area contributed by atoms with Crippen LogP contribution in [0, 0.1) is 5.82 Å². The SMILES string of the molecule is O=c1c2c3c(sc2n(Cc2ccc(F)cc2)c(=O)n1Cc1ccccc1)CCC3. The molecule has 4 aromatic rings. The summed E-state index contributed by atoms with van der Waals surface area (Å²) in [6.07, 6.45) is 2.88. The zero-order chi connectivity index (χ0) is 20.0. The average Bonchev–Trinajstić information content (AvgIpc) is 3.32. The molecule has 1 aliphatic carbocycles. The maximum Gasteiger partial charge on any atom is 0.332 e. The quantitative estimate of drug-likeness (QED) is 0.515. The lowest BCUT2D eigenvalue weighted by Crippen LogP contribution is -2.40. The topological polar surface area (TPSA) is 44.0 Å². The first-order valence-corrected chi connectivity index (χ1v) is 10.5. The van der Waals surface area contributed by atoms with Crippen LogP contribution in [0.2, 0.25) is 0 Å². The van der Waals surface area contributed by atoms with Crippen molar-refractivity contribution in [2.24, 2.45) is 0 Å². The minimum atomic E-state index is -0.324. The van der Waals surface area contributed by atoms with E-state index in [9.17, 15) is 14.0 Å². The van der Waals surface area contributed by atoms with E-state index in [2.05, 4.69) is 0 Å². The molecular formula is C23H19FN2O2S. The molecule has 0 unspecified atom stereocenters. The highest BCUT2D eigenvalue weighted by Gasteiger charge is 2.24. The Bertz CT molecular complexity index is 1320. The van der Waals surface area contributed by atoms with Gasteiger partial charge in [-0.05, 0) is 48.1 Å². The van der Waals surface area contributed by atoms with Crippen molar-refractivity contribution < 1.29 is 4.39 Å². The Morgan fingerprint density at radius 3 is 2.31 bits per heavy atom. The molecule has 2 heterocycles. The highest BCUT2D eigenvalue weighted by atomic mass is 32.1. The Kier molecular flexibility index (Phi) is 4.43. The third-order valence-electron chi connectivity index (χ3n) is 5.51. The fourth-order valence-electron chi connectivity index (χ4n) is 4.07. The molecule has 0 N–H and O–H groups in total. The van der Waals surface area contributed by atoms with Crippen LogP contribution in [0.1, 0.15) is 28.0 Å². The number of fused-ring (bicyclic) bond motifs is 3. The van der Waals surface area contributed by atoms with E-state index in [4.69, 9.17) is 0 Å². The van der Waals surface area contributed by atoms with Crippen LogP contribution in [0.4, 0.5) is 4.39 Å². The molecule has 0 saturated carbocycles. The van der Waals surface area contributed by atoms with Gasteiger partial charge in [-0.1, -0.05) is 42.5 Å². The molecule has 0 spiro atoms. The van der Waals surface area contributed by atoms with E-state index in [1.807, 2.05) is 30.3 Å². The van der Waals surface area contributed by atoms with Crippen molar-refractivity contribution in [3.63, 3.8) is 0 Å². The van der Waals surface area contributed by atoms with E-state index in [0.29, 0.717) is 11.9 Å². The van der Waals surface area contributed by atoms with Crippen LogP contribution in [0.15, 0.2) is 64.2 Å². The fraction of sp³-hybridized carbons (Fsp3) is 0.217. The zero-order valence-electron chi connectivity index (χ0n) is 15.7. The van der Waals surface area contributed by atoms with Gasteiger partial charge in [0.15, 0.2) is 0 Å². The molecule has 0 fully saturated rings. The van der Waals surface area contributed by atoms with Crippen molar-refractivity contribution in [2.45, 2.75) is 32.4 Å². The Morgan fingerprint density at radius 2 is 1.55 bits per heavy atom. The Labute approximate surface area is 170 Å². The molecule has 0 atom stereocenters. The summed E-state index contributed by atoms with van der Waals surface area (Å²) in [5, 5.41) is 0.681. The number of thiophene rings is 1. The molecule has 0 radical (unpaired) electrons. The number of halogens is 1. The highest BCUT2D eigenvalue weighted by molar-refractivity contribution is 7.18. The lowest BCUT2D eigenvalue weighted by atomic mass is 10.2. The van der Waals surface area contributed by atoms with E-state index in [-0.39, 0.29) is 23.6 Å². The molecule has 0 bridgehead atoms. The Hall–Kier alpha value is -2.99. The van der Waals surface area contributed by atoms with Gasteiger partial charge in [0.2, 0.25) is 0 Å². The maximum atomic E-state index is 13.4. The van der Waals surface area contributed by atoms with Crippen molar-refractivity contribution in [1.82, 2.24) is 9.13 Å². The summed E-state index contributed by atoms with van der Waals surface area (Å²) in [4.78, 5) is 28.6. The predicted molar refractivity (Wildman–Crippen MR) is 113 cm³/mol. The molecule has 4 nitrogen and oxygen atoms in total. The summed E-state index contributed by atoms with van der Waals surface area (Å²) >= 11 is 1.55. The van der Waals surface area contributed by atoms with E-state index in [0.717, 1.165) is 40.8 Å². The summed E-state index contributed by atoms with van der Waals surface area (Å²) in [5.41, 5.74) is 2.31. The number of benzene rings is 2. The fourth-order valence-corrected chi connectivity index (χ4v) is 5.44. The van der Waals surface area contributed by atoms with Gasteiger partial charge in [0.25, 0.3) is 5.56 Å². The number of aromatic nitrogens is 2. The first-order chi connectivity index (χ1) is 14.1. The van der Waals surface area contributed by atoms with Gasteiger partial charge in [-0.2, -0.15) is 0 Å². The molecular weight excluding hydrogens is 387 g/mol. The van der Waals surface area contributed by atoms with Crippen LogP contribution < -0.4 is 11.2 Å². The molecule has 2 aromatic heterocycles. The zero-order valence-corrected chi connectivity index (χ0v) is 16.5. The van der Waals surface area contributed by atoms with Gasteiger partial charge in [-0.3, -0.25) is 13.9 Å². The molecule has 29 heavy (non-hydrogen) atoms. The van der Waals surface area contributed by atoms with Crippen molar-refractivity contribution >= 4 is 21.6 Å². The summed E-state index contributed by atoms with van der Waals surface area (Å²) in [5.74, 6) is -0.310. The molecule has 1 aliphatic rings. The largest absolute Gasteiger partial charge is 0.332 e. The number of nitrogens with zero attached hydrogens (tertiary/aromatic N) is 2. The van der Waals surface area contributed by atoms with Crippen LogP contribution >= 0.6 is 11.3 Å². The first kappa shape index (κ1) is 18.1. The van der Waals surface area contributed by atoms with Crippen LogP contribution in [-0.2, 0) is 25.9 Å². The average molecular weight is 406 g/mol. The second kappa shape index (κ2) is 7.12. The second-order valence-corrected chi connectivity index (χ2v) is 8.49. The van der Waals surface area contributed by atoms with Gasteiger partial charge in [-0.15, -0.1) is 11.3 Å². The van der Waals surface area contributed by atoms with Gasteiger partial charge in [-0.25, -0.2) is 9.18 Å². The molecule has 6 heteroatoms. The third kappa shape index (κ3) is 3.13. The molecule has 5 rings (SSSR count). The van der Waals surface area contributed by atoms with Gasteiger partial charge in [0.1, 0.15) is 10.6 Å². The lowest BCUT2D eigenvalue weighted by Gasteiger charge is -2.13. The summed E-state index contributed by atoms with van der Waals surface area (Å²) < 4.78 is 16.3. The van der Waals surface area contributed by atoms with Gasteiger partial charge < -0.3 is 0 Å². The smallest absolute Gasteiger partial charge is 0.280 e. The van der Waals surface area contributed by atoms with Crippen molar-refractivity contribution in [1.29, 1.82) is 0 Å². The minimum absolute atomic E-state index is 0.205. The van der Waals surface area contributed by atoms with Crippen molar-refractivity contribution in [3.8, 4) is 0 Å². The summed E-state index contributed by atoms with van der Waals surface area (Å²) in [6.45, 7) is 0.548. The molecule has 146 valence electrons. The van der Waals surface area contributed by atoms with E-state index < -0.39 is 0 Å². The van der Waals surface area contributed by atoms with Gasteiger partial charge in [0.05, 0.1) is 18.5 Å². The van der Waals surface area contributed by atoms with E-state index in [1.54, 1.807) is 28.0 Å². The van der Waals surface area contributed by atoms with E-state index >= 15 is 0 Å². The minimum Gasteiger partial charge on any atom is -0.280 e. The van der Waals surface area contributed by atoms with Crippen molar-refractivity contribution in [2.75, 3.05) is 0 Å². The van der Waals surface area contributed by atoms with Crippen LogP contribution in [0.25, 0.3) is 10.2 Å². The first-order valence-electron chi connectivity index (χ1n) is 9.68. The summed E-state index contributed by atoms with van der Waals surface area (Å²) in [6, 6.07) is 15.7. The number of hydrogen-bond acceptors (Lipinski definition) is 3. The van der Waals surface area contributed by atoms with Crippen LogP contribution in [-0.4, -0.2) is 9.13 Å². The third-order valence-corrected chi connectivity index (χ3v) is 6.82. The standard InChI is InChI=1S/C23H19FN2O2S/c24-17-11-9-16(10-12-17)14-26-22-20(18-7-4-8-19(18)29-22)21(27)25(23(26)28)13-15-5-2-1-3-6-15/h1-3,5-6,9-12H,4,7-8,13-14H2. The van der Waals surface area contributed by atoms with Crippen molar-refractivity contribution in [3.05, 3.63) is 103 Å². The number of aryl methyl sites for hydroxylation is 2. The summed E-state index contributed by atoms with van der Waals surface area (Å²) in [7, 11) is 0. The van der Waals surface area contributed by atoms with Crippen LogP contribution in [0.3, 0.4) is 0 Å². The number of rotatable bonds is 4. The Morgan fingerprint density at radius 1 is 0.862 bits per heavy atom. The highest BCUT2D eigenvalue weighted by Crippen LogP contribution is 2.35. The normalized spacial score (nSPS) is 13.1. The molecule has 0 saturated heterocycles. The number of hydrogen-bond donors (Lipinski definition) is 0. The molecule has 0 aliphatic heterocycles. The Balaban J connectivity index is 1.73. The van der Waals surface area contributed by atoms with E-state index in [1.165, 1.54) is 21.6 Å². The molecule has 2 aromatic carbocycles. The molecule has 0 amide bonds.